The van der Waals surface area contributed by atoms with Crippen LogP contribution in [0.3, 0.4) is 0 Å². The molecule has 1 aliphatic carbocycles. The van der Waals surface area contributed by atoms with Gasteiger partial charge in [-0.05, 0) is 0 Å². The molecule has 1 amide bonds. The van der Waals surface area contributed by atoms with E-state index in [0.29, 0.717) is 18.6 Å². The second-order valence-corrected chi connectivity index (χ2v) is 22.2. The minimum atomic E-state index is -2.32. The molecule has 0 aromatic carbocycles. The van der Waals surface area contributed by atoms with E-state index in [9.17, 15) is 4.79 Å². The van der Waals surface area contributed by atoms with Gasteiger partial charge >= 0.3 is 148 Å². The number of ether oxygens (including phenoxy) is 1. The number of carbonyl (C=O) groups is 1. The molecule has 0 spiro atoms. The van der Waals surface area contributed by atoms with Gasteiger partial charge in [-0.1, -0.05) is 0 Å². The number of nitrogens with one attached hydrogen (secondary N) is 1. The van der Waals surface area contributed by atoms with Crippen LogP contribution in [0.15, 0.2) is 6.20 Å². The fraction of sp³-hybridized carbons (Fsp3) is 0.706. The summed E-state index contributed by atoms with van der Waals surface area (Å²) in [5.41, 5.74) is 0. The van der Waals surface area contributed by atoms with Crippen LogP contribution in [-0.2, 0) is 9.53 Å². The van der Waals surface area contributed by atoms with Crippen molar-refractivity contribution in [3.63, 3.8) is 0 Å². The Hall–Kier alpha value is -0.891. The summed E-state index contributed by atoms with van der Waals surface area (Å²) in [7, 11) is 1.79. The van der Waals surface area contributed by atoms with Crippen LogP contribution in [0.4, 0.5) is 11.6 Å². The minimum absolute atomic E-state index is 0.104. The topological polar surface area (TPSA) is 67.3 Å². The van der Waals surface area contributed by atoms with E-state index in [4.69, 9.17) is 9.72 Å². The van der Waals surface area contributed by atoms with E-state index in [1.807, 2.05) is 11.1 Å². The van der Waals surface area contributed by atoms with Crippen molar-refractivity contribution in [3.8, 4) is 0 Å². The van der Waals surface area contributed by atoms with Crippen molar-refractivity contribution in [3.05, 3.63) is 6.20 Å². The third kappa shape index (κ3) is 3.85. The van der Waals surface area contributed by atoms with Gasteiger partial charge in [0.05, 0.1) is 0 Å². The molecule has 0 atom stereocenters. The zero-order valence-corrected chi connectivity index (χ0v) is 18.0. The van der Waals surface area contributed by atoms with Gasteiger partial charge in [-0.25, -0.2) is 0 Å². The summed E-state index contributed by atoms with van der Waals surface area (Å²) in [6, 6.07) is 0. The number of anilines is 2. The Morgan fingerprint density at radius 1 is 1.29 bits per heavy atom. The van der Waals surface area contributed by atoms with Crippen molar-refractivity contribution >= 4 is 39.6 Å². The Kier molecular flexibility index (Phi) is 5.34. The van der Waals surface area contributed by atoms with Gasteiger partial charge in [0.2, 0.25) is 0 Å². The number of hydrogen-bond donors (Lipinski definition) is 1. The first-order valence-electron chi connectivity index (χ1n) is 8.83. The Labute approximate surface area is 148 Å². The zero-order valence-electron chi connectivity index (χ0n) is 15.1. The Balaban J connectivity index is 1.80. The predicted octanol–water partition coefficient (Wildman–Crippen LogP) is 1.99. The molecule has 2 heterocycles. The molecule has 24 heavy (non-hydrogen) atoms. The molecule has 1 saturated carbocycles. The van der Waals surface area contributed by atoms with E-state index in [1.165, 1.54) is 0 Å². The number of hydrogen-bond acceptors (Lipinski definition) is 5. The number of nitrogens with zero attached hydrogens (tertiary/aromatic N) is 3. The maximum atomic E-state index is 12.5. The van der Waals surface area contributed by atoms with Crippen LogP contribution in [0, 0.1) is 5.92 Å². The SMILES string of the molecule is CO[C@H]1CC[C@H](CN2C(=O)CNc3nc[c]([Sn]([CH3])([CH3])[CH3])nc32)CC1. The Morgan fingerprint density at radius 3 is 2.62 bits per heavy atom. The van der Waals surface area contributed by atoms with Crippen molar-refractivity contribution in [2.45, 2.75) is 46.6 Å². The number of amides is 1. The molecular weight excluding hydrogens is 411 g/mol. The van der Waals surface area contributed by atoms with Crippen LogP contribution < -0.4 is 13.9 Å². The maximum absolute atomic E-state index is 12.5. The monoisotopic (exact) mass is 440 g/mol. The summed E-state index contributed by atoms with van der Waals surface area (Å²) in [5.74, 6) is 2.12. The summed E-state index contributed by atoms with van der Waals surface area (Å²) < 4.78 is 6.57. The Morgan fingerprint density at radius 2 is 2.00 bits per heavy atom. The van der Waals surface area contributed by atoms with E-state index < -0.39 is 18.4 Å². The summed E-state index contributed by atoms with van der Waals surface area (Å²) in [6.45, 7) is 1.06. The van der Waals surface area contributed by atoms with Gasteiger partial charge in [-0.2, -0.15) is 0 Å². The summed E-state index contributed by atoms with van der Waals surface area (Å²) in [4.78, 5) is 30.7. The van der Waals surface area contributed by atoms with Crippen molar-refractivity contribution in [2.24, 2.45) is 5.92 Å². The van der Waals surface area contributed by atoms with Crippen molar-refractivity contribution < 1.29 is 9.53 Å². The number of carbonyl (C=O) groups excluding carboxylic acids is 1. The molecule has 1 aromatic rings. The van der Waals surface area contributed by atoms with E-state index in [2.05, 4.69) is 25.1 Å². The molecule has 0 saturated heterocycles. The van der Waals surface area contributed by atoms with Crippen molar-refractivity contribution in [2.75, 3.05) is 30.4 Å². The standard InChI is InChI=1S/C14H19N4O2.3CH3.Sn/c1-20-11-4-2-10(3-5-11)9-18-12(19)8-17-13-14(18)16-7-6-15-13;;;;/h6,10-11H,2-5,8-9H2,1H3,(H,15,17);3*1H3;/t10-,11-;;;;. The molecule has 0 unspecified atom stereocenters. The average molecular weight is 439 g/mol. The van der Waals surface area contributed by atoms with Crippen LogP contribution in [0.2, 0.25) is 14.8 Å². The van der Waals surface area contributed by atoms with Gasteiger partial charge in [0, 0.05) is 0 Å². The van der Waals surface area contributed by atoms with Gasteiger partial charge in [-0.15, -0.1) is 0 Å². The molecule has 132 valence electrons. The predicted molar refractivity (Wildman–Crippen MR) is 98.6 cm³/mol. The third-order valence-corrected chi connectivity index (χ3v) is 10.1. The van der Waals surface area contributed by atoms with Gasteiger partial charge in [0.25, 0.3) is 0 Å². The molecule has 7 heteroatoms. The number of aromatic nitrogens is 2. The van der Waals surface area contributed by atoms with Crippen LogP contribution in [0.25, 0.3) is 0 Å². The van der Waals surface area contributed by atoms with Crippen LogP contribution >= 0.6 is 0 Å². The average Bonchev–Trinajstić information content (AvgIpc) is 2.57. The van der Waals surface area contributed by atoms with Gasteiger partial charge in [0.1, 0.15) is 0 Å². The summed E-state index contributed by atoms with van der Waals surface area (Å²) in [5, 5.41) is 3.11. The number of fused-ring (bicyclic) bond motifs is 1. The van der Waals surface area contributed by atoms with Crippen LogP contribution in [-0.4, -0.2) is 60.6 Å². The fourth-order valence-corrected chi connectivity index (χ4v) is 5.97. The number of rotatable bonds is 4. The quantitative estimate of drug-likeness (QED) is 0.728. The molecular formula is C17H28N4O2Sn. The van der Waals surface area contributed by atoms with E-state index in [-0.39, 0.29) is 5.91 Å². The van der Waals surface area contributed by atoms with Crippen LogP contribution in [0.5, 0.6) is 0 Å². The summed E-state index contributed by atoms with van der Waals surface area (Å²) >= 11 is -2.32. The first-order valence-corrected chi connectivity index (χ1v) is 18.8. The van der Waals surface area contributed by atoms with Crippen molar-refractivity contribution in [1.82, 2.24) is 9.97 Å². The van der Waals surface area contributed by atoms with Gasteiger partial charge in [0.15, 0.2) is 0 Å². The van der Waals surface area contributed by atoms with Gasteiger partial charge in [-0.3, -0.25) is 0 Å². The molecule has 6 nitrogen and oxygen atoms in total. The molecule has 2 aliphatic rings. The molecule has 0 bridgehead atoms. The van der Waals surface area contributed by atoms with Crippen LogP contribution in [0.1, 0.15) is 25.7 Å². The first-order chi connectivity index (χ1) is 11.4. The molecule has 1 fully saturated rings. The second-order valence-electron chi connectivity index (χ2n) is 7.91. The van der Waals surface area contributed by atoms with E-state index in [0.717, 1.165) is 47.6 Å². The van der Waals surface area contributed by atoms with E-state index in [1.54, 1.807) is 7.11 Å². The zero-order chi connectivity index (χ0) is 17.3. The normalized spacial score (nSPS) is 24.5. The molecule has 0 radical (unpaired) electrons. The molecule has 1 aromatic heterocycles. The molecule has 3 rings (SSSR count). The van der Waals surface area contributed by atoms with Gasteiger partial charge < -0.3 is 0 Å². The fourth-order valence-electron chi connectivity index (χ4n) is 3.42. The van der Waals surface area contributed by atoms with E-state index >= 15 is 0 Å². The molecule has 1 N–H and O–H groups in total. The first kappa shape index (κ1) is 17.9. The number of methoxy groups -OCH3 is 1. The third-order valence-electron chi connectivity index (χ3n) is 5.05. The molecule has 1 aliphatic heterocycles. The Bertz CT molecular complexity index is 609. The summed E-state index contributed by atoms with van der Waals surface area (Å²) in [6.07, 6.45) is 6.66. The second kappa shape index (κ2) is 7.15. The van der Waals surface area contributed by atoms with Crippen molar-refractivity contribution in [1.29, 1.82) is 0 Å².